The highest BCUT2D eigenvalue weighted by Gasteiger charge is 2.20. The second-order valence-corrected chi connectivity index (χ2v) is 5.33. The van der Waals surface area contributed by atoms with Crippen molar-refractivity contribution in [2.75, 3.05) is 11.1 Å². The molecule has 1 amide bonds. The van der Waals surface area contributed by atoms with Crippen LogP contribution < -0.4 is 5.32 Å². The molecular formula is C11H15NO4S. The summed E-state index contributed by atoms with van der Waals surface area (Å²) in [5, 5.41) is 2.56. The molecule has 1 aromatic carbocycles. The molecule has 1 aromatic rings. The maximum Gasteiger partial charge on any atom is 0.267 e. The zero-order chi connectivity index (χ0) is 12.9. The van der Waals surface area contributed by atoms with Gasteiger partial charge < -0.3 is 5.32 Å². The second kappa shape index (κ2) is 5.79. The van der Waals surface area contributed by atoms with Crippen LogP contribution in [0, 0.1) is 0 Å². The van der Waals surface area contributed by atoms with Crippen molar-refractivity contribution in [1.29, 1.82) is 0 Å². The van der Waals surface area contributed by atoms with E-state index in [4.69, 9.17) is 0 Å². The van der Waals surface area contributed by atoms with E-state index >= 15 is 0 Å². The Hall–Kier alpha value is -1.40. The summed E-state index contributed by atoms with van der Waals surface area (Å²) in [7, 11) is -3.62. The van der Waals surface area contributed by atoms with Gasteiger partial charge >= 0.3 is 0 Å². The molecule has 1 rings (SSSR count). The summed E-state index contributed by atoms with van der Waals surface area (Å²) in [6, 6.07) is 8.77. The quantitative estimate of drug-likeness (QED) is 0.809. The predicted molar refractivity (Wildman–Crippen MR) is 65.1 cm³/mol. The van der Waals surface area contributed by atoms with Gasteiger partial charge in [-0.05, 0) is 26.0 Å². The van der Waals surface area contributed by atoms with E-state index in [9.17, 15) is 13.2 Å². The SMILES string of the molecule is CCS(=O)(=O)O[C@H](C)C(=O)Nc1ccccc1. The van der Waals surface area contributed by atoms with Crippen LogP contribution in [0.25, 0.3) is 0 Å². The van der Waals surface area contributed by atoms with Gasteiger partial charge in [0.25, 0.3) is 16.0 Å². The highest BCUT2D eigenvalue weighted by molar-refractivity contribution is 7.86. The molecule has 0 saturated carbocycles. The van der Waals surface area contributed by atoms with E-state index in [0.717, 1.165) is 0 Å². The molecule has 0 unspecified atom stereocenters. The van der Waals surface area contributed by atoms with Crippen molar-refractivity contribution in [3.8, 4) is 0 Å². The Balaban J connectivity index is 2.60. The fraction of sp³-hybridized carbons (Fsp3) is 0.364. The molecule has 0 spiro atoms. The number of amides is 1. The molecule has 0 fully saturated rings. The third-order valence-corrected chi connectivity index (χ3v) is 3.34. The topological polar surface area (TPSA) is 72.5 Å². The average Bonchev–Trinajstić information content (AvgIpc) is 2.30. The van der Waals surface area contributed by atoms with Crippen LogP contribution in [0.2, 0.25) is 0 Å². The van der Waals surface area contributed by atoms with Gasteiger partial charge in [0.15, 0.2) is 6.10 Å². The van der Waals surface area contributed by atoms with Crippen LogP contribution in [0.3, 0.4) is 0 Å². The van der Waals surface area contributed by atoms with E-state index in [1.165, 1.54) is 13.8 Å². The molecule has 0 bridgehead atoms. The Kier molecular flexibility index (Phi) is 4.65. The normalized spacial score (nSPS) is 13.1. The summed E-state index contributed by atoms with van der Waals surface area (Å²) in [6.45, 7) is 2.85. The standard InChI is InChI=1S/C11H15NO4S/c1-3-17(14,15)16-9(2)11(13)12-10-7-5-4-6-8-10/h4-9H,3H2,1-2H3,(H,12,13)/t9-/m1/s1. The fourth-order valence-electron chi connectivity index (χ4n) is 1.10. The number of rotatable bonds is 5. The summed E-state index contributed by atoms with van der Waals surface area (Å²) in [4.78, 5) is 11.6. The molecule has 0 aliphatic carbocycles. The molecule has 94 valence electrons. The Morgan fingerprint density at radius 2 is 1.94 bits per heavy atom. The highest BCUT2D eigenvalue weighted by atomic mass is 32.2. The van der Waals surface area contributed by atoms with E-state index in [2.05, 4.69) is 9.50 Å². The lowest BCUT2D eigenvalue weighted by molar-refractivity contribution is -0.121. The summed E-state index contributed by atoms with van der Waals surface area (Å²) in [6.07, 6.45) is -1.04. The smallest absolute Gasteiger partial charge is 0.267 e. The first-order valence-corrected chi connectivity index (χ1v) is 6.79. The molecule has 1 N–H and O–H groups in total. The molecular weight excluding hydrogens is 242 g/mol. The van der Waals surface area contributed by atoms with E-state index in [1.54, 1.807) is 24.3 Å². The van der Waals surface area contributed by atoms with Crippen LogP contribution in [0.1, 0.15) is 13.8 Å². The summed E-state index contributed by atoms with van der Waals surface area (Å²) in [5.41, 5.74) is 0.599. The van der Waals surface area contributed by atoms with Gasteiger partial charge in [-0.3, -0.25) is 8.98 Å². The minimum Gasteiger partial charge on any atom is -0.324 e. The minimum absolute atomic E-state index is 0.157. The molecule has 0 aliphatic heterocycles. The summed E-state index contributed by atoms with van der Waals surface area (Å²) < 4.78 is 27.0. The lowest BCUT2D eigenvalue weighted by Crippen LogP contribution is -2.30. The first-order valence-electron chi connectivity index (χ1n) is 5.21. The number of hydrogen-bond acceptors (Lipinski definition) is 4. The molecule has 17 heavy (non-hydrogen) atoms. The molecule has 0 aromatic heterocycles. The van der Waals surface area contributed by atoms with Gasteiger partial charge in [0.1, 0.15) is 0 Å². The summed E-state index contributed by atoms with van der Waals surface area (Å²) in [5.74, 6) is -0.649. The van der Waals surface area contributed by atoms with Crippen LogP contribution in [-0.4, -0.2) is 26.2 Å². The largest absolute Gasteiger partial charge is 0.324 e. The zero-order valence-corrected chi connectivity index (χ0v) is 10.5. The third-order valence-electron chi connectivity index (χ3n) is 2.06. The summed E-state index contributed by atoms with van der Waals surface area (Å²) >= 11 is 0. The van der Waals surface area contributed by atoms with Crippen molar-refractivity contribution >= 4 is 21.7 Å². The lowest BCUT2D eigenvalue weighted by atomic mass is 10.3. The first kappa shape index (κ1) is 13.7. The molecule has 5 nitrogen and oxygen atoms in total. The van der Waals surface area contributed by atoms with Gasteiger partial charge in [0.2, 0.25) is 0 Å². The molecule has 6 heteroatoms. The molecule has 1 atom stereocenters. The van der Waals surface area contributed by atoms with Crippen LogP contribution in [-0.2, 0) is 19.1 Å². The van der Waals surface area contributed by atoms with Gasteiger partial charge in [-0.25, -0.2) is 0 Å². The highest BCUT2D eigenvalue weighted by Crippen LogP contribution is 2.08. The zero-order valence-electron chi connectivity index (χ0n) is 9.71. The van der Waals surface area contributed by atoms with Crippen molar-refractivity contribution in [2.45, 2.75) is 20.0 Å². The number of benzene rings is 1. The van der Waals surface area contributed by atoms with Crippen molar-refractivity contribution < 1.29 is 17.4 Å². The van der Waals surface area contributed by atoms with E-state index < -0.39 is 22.1 Å². The molecule has 0 aliphatic rings. The van der Waals surface area contributed by atoms with Crippen molar-refractivity contribution in [2.24, 2.45) is 0 Å². The number of carbonyl (C=O) groups is 1. The average molecular weight is 257 g/mol. The number of nitrogens with one attached hydrogen (secondary N) is 1. The Morgan fingerprint density at radius 1 is 1.35 bits per heavy atom. The lowest BCUT2D eigenvalue weighted by Gasteiger charge is -2.12. The maximum absolute atomic E-state index is 11.6. The van der Waals surface area contributed by atoms with Crippen molar-refractivity contribution in [3.63, 3.8) is 0 Å². The van der Waals surface area contributed by atoms with Gasteiger partial charge in [0, 0.05) is 5.69 Å². The Bertz CT molecular complexity index is 470. The number of anilines is 1. The first-order chi connectivity index (χ1) is 7.94. The van der Waals surface area contributed by atoms with Gasteiger partial charge in [-0.2, -0.15) is 8.42 Å². The fourth-order valence-corrected chi connectivity index (χ4v) is 1.76. The second-order valence-electron chi connectivity index (χ2n) is 3.44. The van der Waals surface area contributed by atoms with Crippen molar-refractivity contribution in [3.05, 3.63) is 30.3 Å². The van der Waals surface area contributed by atoms with Crippen LogP contribution >= 0.6 is 0 Å². The Labute approximate surface area is 101 Å². The minimum atomic E-state index is -3.62. The molecule has 0 radical (unpaired) electrons. The third kappa shape index (κ3) is 4.54. The van der Waals surface area contributed by atoms with E-state index in [0.29, 0.717) is 5.69 Å². The van der Waals surface area contributed by atoms with Gasteiger partial charge in [-0.15, -0.1) is 0 Å². The van der Waals surface area contributed by atoms with Crippen LogP contribution in [0.4, 0.5) is 5.69 Å². The van der Waals surface area contributed by atoms with Gasteiger partial charge in [0.05, 0.1) is 5.75 Å². The van der Waals surface area contributed by atoms with Crippen LogP contribution in [0.15, 0.2) is 30.3 Å². The van der Waals surface area contributed by atoms with E-state index in [-0.39, 0.29) is 5.75 Å². The van der Waals surface area contributed by atoms with Gasteiger partial charge in [-0.1, -0.05) is 18.2 Å². The molecule has 0 heterocycles. The number of carbonyl (C=O) groups excluding carboxylic acids is 1. The van der Waals surface area contributed by atoms with E-state index in [1.807, 2.05) is 6.07 Å². The maximum atomic E-state index is 11.6. The number of para-hydroxylation sites is 1. The van der Waals surface area contributed by atoms with Crippen molar-refractivity contribution in [1.82, 2.24) is 0 Å². The monoisotopic (exact) mass is 257 g/mol. The number of hydrogen-bond donors (Lipinski definition) is 1. The predicted octanol–water partition coefficient (Wildman–Crippen LogP) is 1.38. The van der Waals surface area contributed by atoms with Crippen LogP contribution in [0.5, 0.6) is 0 Å². The molecule has 0 saturated heterocycles. The Morgan fingerprint density at radius 3 is 2.47 bits per heavy atom.